The molecule has 5 heteroatoms. The van der Waals surface area contributed by atoms with Crippen molar-refractivity contribution in [1.82, 2.24) is 5.32 Å². The van der Waals surface area contributed by atoms with Gasteiger partial charge >= 0.3 is 5.97 Å². The Kier molecular flexibility index (Phi) is 7.91. The van der Waals surface area contributed by atoms with Gasteiger partial charge in [-0.25, -0.2) is 4.79 Å². The second-order valence-corrected chi connectivity index (χ2v) is 9.08. The van der Waals surface area contributed by atoms with Crippen molar-refractivity contribution < 1.29 is 19.1 Å². The van der Waals surface area contributed by atoms with Gasteiger partial charge in [-0.3, -0.25) is 9.59 Å². The minimum Gasteiger partial charge on any atom is -0.456 e. The van der Waals surface area contributed by atoms with Crippen LogP contribution >= 0.6 is 0 Å². The molecule has 0 aliphatic rings. The molecule has 0 unspecified atom stereocenters. The zero-order valence-corrected chi connectivity index (χ0v) is 20.4. The van der Waals surface area contributed by atoms with Crippen LogP contribution in [0.3, 0.4) is 0 Å². The molecule has 0 fully saturated rings. The fraction of sp³-hybridized carbons (Fsp3) is 0.194. The van der Waals surface area contributed by atoms with E-state index in [0.29, 0.717) is 5.56 Å². The maximum Gasteiger partial charge on any atom is 0.329 e. The number of hydrogen-bond donors (Lipinski definition) is 1. The highest BCUT2D eigenvalue weighted by atomic mass is 16.5. The van der Waals surface area contributed by atoms with Crippen LogP contribution in [-0.2, 0) is 20.7 Å². The predicted octanol–water partition coefficient (Wildman–Crippen LogP) is 5.62. The highest BCUT2D eigenvalue weighted by Crippen LogP contribution is 2.20. The summed E-state index contributed by atoms with van der Waals surface area (Å²) in [4.78, 5) is 38.2. The highest BCUT2D eigenvalue weighted by molar-refractivity contribution is 5.99. The van der Waals surface area contributed by atoms with E-state index in [1.54, 1.807) is 12.1 Å². The minimum absolute atomic E-state index is 0.143. The third-order valence-corrected chi connectivity index (χ3v) is 6.13. The third-order valence-electron chi connectivity index (χ3n) is 6.13. The van der Waals surface area contributed by atoms with Crippen molar-refractivity contribution in [2.75, 3.05) is 6.61 Å². The summed E-state index contributed by atoms with van der Waals surface area (Å²) in [7, 11) is 0. The van der Waals surface area contributed by atoms with E-state index in [0.717, 1.165) is 27.5 Å². The van der Waals surface area contributed by atoms with E-state index in [1.165, 1.54) is 0 Å². The molecule has 1 N–H and O–H groups in total. The maximum atomic E-state index is 12.8. The second-order valence-electron chi connectivity index (χ2n) is 9.08. The largest absolute Gasteiger partial charge is 0.456 e. The zero-order chi connectivity index (χ0) is 25.5. The molecule has 0 saturated carbocycles. The lowest BCUT2D eigenvalue weighted by atomic mass is 10.0. The summed E-state index contributed by atoms with van der Waals surface area (Å²) >= 11 is 0. The molecule has 0 aromatic heterocycles. The number of hydrogen-bond acceptors (Lipinski definition) is 4. The van der Waals surface area contributed by atoms with E-state index >= 15 is 0 Å². The fourth-order valence-electron chi connectivity index (χ4n) is 4.13. The average molecular weight is 480 g/mol. The molecule has 0 saturated heterocycles. The minimum atomic E-state index is -0.847. The molecule has 0 aliphatic heterocycles. The molecule has 0 aliphatic carbocycles. The van der Waals surface area contributed by atoms with E-state index in [1.807, 2.05) is 98.8 Å². The summed E-state index contributed by atoms with van der Waals surface area (Å²) < 4.78 is 5.31. The zero-order valence-electron chi connectivity index (χ0n) is 20.4. The van der Waals surface area contributed by atoms with Crippen LogP contribution in [0.4, 0.5) is 0 Å². The molecule has 0 bridgehead atoms. The van der Waals surface area contributed by atoms with Gasteiger partial charge in [-0.1, -0.05) is 111 Å². The summed E-state index contributed by atoms with van der Waals surface area (Å²) in [5.74, 6) is -1.39. The van der Waals surface area contributed by atoms with E-state index in [-0.39, 0.29) is 30.6 Å². The quantitative estimate of drug-likeness (QED) is 0.250. The highest BCUT2D eigenvalue weighted by Gasteiger charge is 2.26. The predicted molar refractivity (Wildman–Crippen MR) is 142 cm³/mol. The van der Waals surface area contributed by atoms with Gasteiger partial charge in [0.25, 0.3) is 0 Å². The van der Waals surface area contributed by atoms with Gasteiger partial charge in [0.1, 0.15) is 6.04 Å². The van der Waals surface area contributed by atoms with E-state index < -0.39 is 12.0 Å². The molecule has 4 aromatic rings. The van der Waals surface area contributed by atoms with Crippen LogP contribution in [0.1, 0.15) is 29.8 Å². The topological polar surface area (TPSA) is 72.5 Å². The summed E-state index contributed by atoms with van der Waals surface area (Å²) in [6.07, 6.45) is 0.143. The average Bonchev–Trinajstić information content (AvgIpc) is 2.91. The van der Waals surface area contributed by atoms with Gasteiger partial charge in [0, 0.05) is 5.56 Å². The van der Waals surface area contributed by atoms with Gasteiger partial charge in [-0.2, -0.15) is 0 Å². The lowest BCUT2D eigenvalue weighted by molar-refractivity contribution is -0.148. The van der Waals surface area contributed by atoms with Gasteiger partial charge < -0.3 is 10.1 Å². The first-order valence-electron chi connectivity index (χ1n) is 12.0. The second kappa shape index (κ2) is 11.5. The smallest absolute Gasteiger partial charge is 0.329 e. The molecule has 0 radical (unpaired) electrons. The molecule has 4 rings (SSSR count). The van der Waals surface area contributed by atoms with Crippen molar-refractivity contribution in [2.24, 2.45) is 5.92 Å². The number of nitrogens with one attached hydrogen (secondary N) is 1. The van der Waals surface area contributed by atoms with Crippen molar-refractivity contribution in [1.29, 1.82) is 0 Å². The first-order valence-corrected chi connectivity index (χ1v) is 12.0. The third kappa shape index (κ3) is 6.05. The number of ether oxygens (including phenoxy) is 1. The lowest BCUT2D eigenvalue weighted by Crippen LogP contribution is -2.46. The van der Waals surface area contributed by atoms with Gasteiger partial charge in [0.2, 0.25) is 5.91 Å². The van der Waals surface area contributed by atoms with E-state index in [9.17, 15) is 14.4 Å². The standard InChI is InChI=1S/C31H29NO4/c1-21(2)30(32-29(34)19-26-13-8-12-24-11-6-7-14-27(24)26)31(35)36-20-28(33)25-17-15-23(16-18-25)22-9-4-3-5-10-22/h3-18,21,30H,19-20H2,1-2H3,(H,32,34)/t30-/m0/s1. The monoisotopic (exact) mass is 479 g/mol. The Morgan fingerprint density at radius 2 is 1.39 bits per heavy atom. The number of benzene rings is 4. The van der Waals surface area contributed by atoms with Crippen molar-refractivity contribution in [3.8, 4) is 11.1 Å². The van der Waals surface area contributed by atoms with Crippen LogP contribution in [0.2, 0.25) is 0 Å². The van der Waals surface area contributed by atoms with Gasteiger partial charge in [0.05, 0.1) is 6.42 Å². The Morgan fingerprint density at radius 3 is 2.11 bits per heavy atom. The van der Waals surface area contributed by atoms with Crippen LogP contribution in [0, 0.1) is 5.92 Å². The van der Waals surface area contributed by atoms with Gasteiger partial charge in [-0.15, -0.1) is 0 Å². The van der Waals surface area contributed by atoms with Crippen molar-refractivity contribution >= 4 is 28.4 Å². The molecule has 0 spiro atoms. The van der Waals surface area contributed by atoms with Crippen molar-refractivity contribution in [3.63, 3.8) is 0 Å². The number of fused-ring (bicyclic) bond motifs is 1. The number of amides is 1. The Labute approximate surface area is 211 Å². The molecule has 0 heterocycles. The molecule has 1 atom stereocenters. The Morgan fingerprint density at radius 1 is 0.750 bits per heavy atom. The fourth-order valence-corrected chi connectivity index (χ4v) is 4.13. The van der Waals surface area contributed by atoms with Crippen LogP contribution in [-0.4, -0.2) is 30.3 Å². The molecule has 182 valence electrons. The van der Waals surface area contributed by atoms with Gasteiger partial charge in [-0.05, 0) is 33.4 Å². The molecule has 4 aromatic carbocycles. The molecular weight excluding hydrogens is 450 g/mol. The lowest BCUT2D eigenvalue weighted by Gasteiger charge is -2.21. The van der Waals surface area contributed by atoms with Crippen LogP contribution in [0.5, 0.6) is 0 Å². The number of Topliss-reactive ketones (excluding diaryl/α,β-unsaturated/α-hetero) is 1. The Bertz CT molecular complexity index is 1360. The molecule has 36 heavy (non-hydrogen) atoms. The molecule has 5 nitrogen and oxygen atoms in total. The maximum absolute atomic E-state index is 12.8. The van der Waals surface area contributed by atoms with E-state index in [4.69, 9.17) is 4.74 Å². The van der Waals surface area contributed by atoms with Crippen molar-refractivity contribution in [2.45, 2.75) is 26.3 Å². The summed E-state index contributed by atoms with van der Waals surface area (Å²) in [5, 5.41) is 4.85. The normalized spacial score (nSPS) is 11.8. The SMILES string of the molecule is CC(C)[C@H](NC(=O)Cc1cccc2ccccc12)C(=O)OCC(=O)c1ccc(-c2ccccc2)cc1. The molecule has 1 amide bonds. The Hall–Kier alpha value is -4.25. The summed E-state index contributed by atoms with van der Waals surface area (Å²) in [6.45, 7) is 3.27. The van der Waals surface area contributed by atoms with Crippen LogP contribution < -0.4 is 5.32 Å². The summed E-state index contributed by atoms with van der Waals surface area (Å²) in [6, 6.07) is 29.9. The summed E-state index contributed by atoms with van der Waals surface area (Å²) in [5.41, 5.74) is 3.40. The number of esters is 1. The van der Waals surface area contributed by atoms with Crippen LogP contribution in [0.25, 0.3) is 21.9 Å². The van der Waals surface area contributed by atoms with Crippen molar-refractivity contribution in [3.05, 3.63) is 108 Å². The number of carbonyl (C=O) groups is 3. The number of carbonyl (C=O) groups excluding carboxylic acids is 3. The number of ketones is 1. The Balaban J connectivity index is 1.35. The van der Waals surface area contributed by atoms with E-state index in [2.05, 4.69) is 5.32 Å². The van der Waals surface area contributed by atoms with Gasteiger partial charge in [0.15, 0.2) is 12.4 Å². The first kappa shape index (κ1) is 24.9. The number of rotatable bonds is 9. The first-order chi connectivity index (χ1) is 17.4. The molecular formula is C31H29NO4. The van der Waals surface area contributed by atoms with Crippen LogP contribution in [0.15, 0.2) is 97.1 Å².